The Hall–Kier alpha value is -1.56. The van der Waals surface area contributed by atoms with Crippen LogP contribution in [0.5, 0.6) is 5.19 Å². The smallest absolute Gasteiger partial charge is 0.354 e. The van der Waals surface area contributed by atoms with Crippen molar-refractivity contribution >= 4 is 27.7 Å². The lowest BCUT2D eigenvalue weighted by molar-refractivity contribution is 0.0520. The topological polar surface area (TPSA) is 64.2 Å². The Kier molecular flexibility index (Phi) is 2.59. The molecule has 0 unspecified atom stereocenters. The molecule has 2 rings (SSSR count). The van der Waals surface area contributed by atoms with Gasteiger partial charge in [0.05, 0.1) is 18.4 Å². The van der Waals surface area contributed by atoms with Crippen molar-refractivity contribution in [2.75, 3.05) is 13.7 Å². The number of nitrogens with zero attached hydrogens (tertiary/aromatic N) is 1. The summed E-state index contributed by atoms with van der Waals surface area (Å²) in [4.78, 5) is 18.4. The summed E-state index contributed by atoms with van der Waals surface area (Å²) in [5.74, 6) is -0.360. The van der Waals surface area contributed by atoms with Crippen molar-refractivity contribution in [2.24, 2.45) is 0 Å². The summed E-state index contributed by atoms with van der Waals surface area (Å²) >= 11 is 1.38. The molecule has 1 N–H and O–H groups in total. The highest BCUT2D eigenvalue weighted by molar-refractivity contribution is 7.20. The van der Waals surface area contributed by atoms with Crippen LogP contribution in [0.1, 0.15) is 17.4 Å². The molecule has 0 saturated carbocycles. The zero-order valence-electron chi connectivity index (χ0n) is 8.36. The van der Waals surface area contributed by atoms with Crippen molar-refractivity contribution in [3.05, 3.63) is 11.8 Å². The van der Waals surface area contributed by atoms with E-state index in [2.05, 4.69) is 9.97 Å². The van der Waals surface area contributed by atoms with Gasteiger partial charge in [-0.1, -0.05) is 11.3 Å². The van der Waals surface area contributed by atoms with Gasteiger partial charge in [0.2, 0.25) is 0 Å². The molecule has 0 spiro atoms. The number of rotatable bonds is 3. The number of fused-ring (bicyclic) bond motifs is 1. The second-order valence-electron chi connectivity index (χ2n) is 2.80. The molecule has 80 valence electrons. The fourth-order valence-electron chi connectivity index (χ4n) is 1.20. The number of ether oxygens (including phenoxy) is 2. The molecule has 0 aromatic carbocycles. The number of carbonyl (C=O) groups is 1. The van der Waals surface area contributed by atoms with Gasteiger partial charge in [-0.15, -0.1) is 0 Å². The number of nitrogens with one attached hydrogen (secondary N) is 1. The molecule has 0 aliphatic heterocycles. The van der Waals surface area contributed by atoms with Crippen LogP contribution >= 0.6 is 11.3 Å². The maximum atomic E-state index is 11.4. The molecule has 0 fully saturated rings. The Labute approximate surface area is 90.0 Å². The van der Waals surface area contributed by atoms with Gasteiger partial charge in [0, 0.05) is 0 Å². The Morgan fingerprint density at radius 2 is 2.47 bits per heavy atom. The summed E-state index contributed by atoms with van der Waals surface area (Å²) in [6, 6.07) is 1.72. The van der Waals surface area contributed by atoms with Crippen molar-refractivity contribution in [1.29, 1.82) is 0 Å². The molecule has 0 atom stereocenters. The predicted octanol–water partition coefficient (Wildman–Crippen LogP) is 1.81. The third-order valence-electron chi connectivity index (χ3n) is 1.83. The molecule has 15 heavy (non-hydrogen) atoms. The molecular formula is C9H10N2O3S. The van der Waals surface area contributed by atoms with Crippen LogP contribution in [0, 0.1) is 0 Å². The Balaban J connectivity index is 2.32. The third kappa shape index (κ3) is 1.80. The van der Waals surface area contributed by atoms with Crippen molar-refractivity contribution in [1.82, 2.24) is 9.97 Å². The predicted molar refractivity (Wildman–Crippen MR) is 56.5 cm³/mol. The number of methoxy groups -OCH3 is 1. The number of H-pyrrole nitrogens is 1. The van der Waals surface area contributed by atoms with Gasteiger partial charge in [-0.05, 0) is 13.0 Å². The average molecular weight is 226 g/mol. The van der Waals surface area contributed by atoms with Gasteiger partial charge in [0.25, 0.3) is 5.19 Å². The average Bonchev–Trinajstić information content (AvgIpc) is 2.74. The second kappa shape index (κ2) is 3.90. The van der Waals surface area contributed by atoms with E-state index in [0.29, 0.717) is 23.1 Å². The molecule has 0 bridgehead atoms. The molecule has 2 aromatic heterocycles. The minimum Gasteiger partial charge on any atom is -0.473 e. The SMILES string of the molecule is CCOC(=O)c1cc2sc(OC)nc2[nH]1. The van der Waals surface area contributed by atoms with Crippen LogP contribution in [0.25, 0.3) is 10.3 Å². The highest BCUT2D eigenvalue weighted by atomic mass is 32.1. The molecule has 0 amide bonds. The van der Waals surface area contributed by atoms with E-state index in [1.54, 1.807) is 20.1 Å². The van der Waals surface area contributed by atoms with E-state index >= 15 is 0 Å². The van der Waals surface area contributed by atoms with E-state index in [9.17, 15) is 4.79 Å². The van der Waals surface area contributed by atoms with Crippen molar-refractivity contribution in [2.45, 2.75) is 6.92 Å². The molecule has 2 aromatic rings. The molecular weight excluding hydrogens is 216 g/mol. The number of hydrogen-bond acceptors (Lipinski definition) is 5. The highest BCUT2D eigenvalue weighted by Crippen LogP contribution is 2.27. The van der Waals surface area contributed by atoms with E-state index in [0.717, 1.165) is 4.70 Å². The quantitative estimate of drug-likeness (QED) is 0.811. The fourth-order valence-corrected chi connectivity index (χ4v) is 1.98. The first-order valence-corrected chi connectivity index (χ1v) is 5.27. The van der Waals surface area contributed by atoms with Crippen LogP contribution in [0.15, 0.2) is 6.07 Å². The molecule has 2 heterocycles. The molecule has 0 radical (unpaired) electrons. The zero-order chi connectivity index (χ0) is 10.8. The number of thiazole rings is 1. The summed E-state index contributed by atoms with van der Waals surface area (Å²) in [7, 11) is 1.56. The van der Waals surface area contributed by atoms with Crippen molar-refractivity contribution in [3.8, 4) is 5.19 Å². The zero-order valence-corrected chi connectivity index (χ0v) is 9.18. The van der Waals surface area contributed by atoms with E-state index < -0.39 is 0 Å². The largest absolute Gasteiger partial charge is 0.473 e. The lowest BCUT2D eigenvalue weighted by Gasteiger charge is -1.96. The monoisotopic (exact) mass is 226 g/mol. The summed E-state index contributed by atoms with van der Waals surface area (Å²) in [6.07, 6.45) is 0. The van der Waals surface area contributed by atoms with Crippen LogP contribution in [0.3, 0.4) is 0 Å². The third-order valence-corrected chi connectivity index (χ3v) is 2.80. The Morgan fingerprint density at radius 3 is 3.07 bits per heavy atom. The van der Waals surface area contributed by atoms with Crippen LogP contribution in [0.2, 0.25) is 0 Å². The maximum Gasteiger partial charge on any atom is 0.354 e. The summed E-state index contributed by atoms with van der Waals surface area (Å²) in [6.45, 7) is 2.13. The number of carbonyl (C=O) groups excluding carboxylic acids is 1. The molecule has 0 saturated heterocycles. The maximum absolute atomic E-state index is 11.4. The Morgan fingerprint density at radius 1 is 1.67 bits per heavy atom. The number of esters is 1. The molecule has 6 heteroatoms. The first kappa shape index (κ1) is 9.97. The lowest BCUT2D eigenvalue weighted by atomic mass is 10.4. The van der Waals surface area contributed by atoms with E-state index in [1.165, 1.54) is 11.3 Å². The van der Waals surface area contributed by atoms with Crippen LogP contribution in [-0.4, -0.2) is 29.7 Å². The minimum atomic E-state index is -0.360. The van der Waals surface area contributed by atoms with Crippen LogP contribution in [-0.2, 0) is 4.74 Å². The first-order valence-electron chi connectivity index (χ1n) is 4.45. The van der Waals surface area contributed by atoms with Gasteiger partial charge in [-0.2, -0.15) is 4.98 Å². The van der Waals surface area contributed by atoms with Gasteiger partial charge in [-0.3, -0.25) is 0 Å². The standard InChI is InChI=1S/C9H10N2O3S/c1-3-14-8(12)5-4-6-7(10-5)11-9(13-2)15-6/h4,10H,3H2,1-2H3. The van der Waals surface area contributed by atoms with Gasteiger partial charge in [0.1, 0.15) is 5.69 Å². The molecule has 5 nitrogen and oxygen atoms in total. The summed E-state index contributed by atoms with van der Waals surface area (Å²) in [5, 5.41) is 0.576. The van der Waals surface area contributed by atoms with Crippen LogP contribution in [0.4, 0.5) is 0 Å². The summed E-state index contributed by atoms with van der Waals surface area (Å²) in [5.41, 5.74) is 1.08. The molecule has 0 aliphatic carbocycles. The van der Waals surface area contributed by atoms with Gasteiger partial charge >= 0.3 is 5.97 Å². The highest BCUT2D eigenvalue weighted by Gasteiger charge is 2.13. The van der Waals surface area contributed by atoms with E-state index in [1.807, 2.05) is 0 Å². The van der Waals surface area contributed by atoms with Gasteiger partial charge < -0.3 is 14.5 Å². The number of hydrogen-bond donors (Lipinski definition) is 1. The normalized spacial score (nSPS) is 10.5. The minimum absolute atomic E-state index is 0.360. The summed E-state index contributed by atoms with van der Waals surface area (Å²) < 4.78 is 10.7. The molecule has 0 aliphatic rings. The number of aromatic amines is 1. The fraction of sp³-hybridized carbons (Fsp3) is 0.333. The van der Waals surface area contributed by atoms with Crippen LogP contribution < -0.4 is 4.74 Å². The van der Waals surface area contributed by atoms with Crippen molar-refractivity contribution < 1.29 is 14.3 Å². The van der Waals surface area contributed by atoms with E-state index in [4.69, 9.17) is 9.47 Å². The van der Waals surface area contributed by atoms with E-state index in [-0.39, 0.29) is 5.97 Å². The van der Waals surface area contributed by atoms with Crippen molar-refractivity contribution in [3.63, 3.8) is 0 Å². The Bertz CT molecular complexity index is 457. The second-order valence-corrected chi connectivity index (χ2v) is 3.79. The lowest BCUT2D eigenvalue weighted by Crippen LogP contribution is -2.04. The first-order chi connectivity index (χ1) is 7.24. The number of aromatic nitrogens is 2. The van der Waals surface area contributed by atoms with Gasteiger partial charge in [0.15, 0.2) is 5.65 Å². The van der Waals surface area contributed by atoms with Gasteiger partial charge in [-0.25, -0.2) is 4.79 Å².